The molecule has 0 aromatic rings. The predicted octanol–water partition coefficient (Wildman–Crippen LogP) is 2.68. The SMILES string of the molecule is CCC(CC)CN(CC)C(=O)C(C)C(C)N.Cl. The van der Waals surface area contributed by atoms with Gasteiger partial charge in [-0.15, -0.1) is 12.4 Å². The Labute approximate surface area is 113 Å². The van der Waals surface area contributed by atoms with Crippen molar-refractivity contribution in [2.45, 2.75) is 53.5 Å². The Morgan fingerprint density at radius 2 is 1.65 bits per heavy atom. The van der Waals surface area contributed by atoms with Crippen LogP contribution in [-0.4, -0.2) is 29.9 Å². The Hall–Kier alpha value is -0.280. The molecule has 1 amide bonds. The third kappa shape index (κ3) is 6.27. The van der Waals surface area contributed by atoms with Crippen LogP contribution in [0.5, 0.6) is 0 Å². The summed E-state index contributed by atoms with van der Waals surface area (Å²) in [5.74, 6) is 0.739. The molecular formula is C13H29ClN2O. The van der Waals surface area contributed by atoms with Gasteiger partial charge in [0.25, 0.3) is 0 Å². The molecule has 0 fully saturated rings. The Morgan fingerprint density at radius 3 is 1.94 bits per heavy atom. The van der Waals surface area contributed by atoms with Crippen molar-refractivity contribution in [2.75, 3.05) is 13.1 Å². The summed E-state index contributed by atoms with van der Waals surface area (Å²) >= 11 is 0. The molecule has 17 heavy (non-hydrogen) atoms. The van der Waals surface area contributed by atoms with E-state index in [0.717, 1.165) is 25.9 Å². The topological polar surface area (TPSA) is 46.3 Å². The summed E-state index contributed by atoms with van der Waals surface area (Å²) in [5, 5.41) is 0. The van der Waals surface area contributed by atoms with E-state index in [0.29, 0.717) is 5.92 Å². The van der Waals surface area contributed by atoms with Gasteiger partial charge in [-0.3, -0.25) is 4.79 Å². The maximum Gasteiger partial charge on any atom is 0.226 e. The lowest BCUT2D eigenvalue weighted by molar-refractivity contribution is -0.136. The van der Waals surface area contributed by atoms with E-state index in [1.54, 1.807) is 0 Å². The minimum absolute atomic E-state index is 0. The van der Waals surface area contributed by atoms with Gasteiger partial charge in [-0.05, 0) is 19.8 Å². The minimum atomic E-state index is -0.0747. The maximum atomic E-state index is 12.1. The summed E-state index contributed by atoms with van der Waals surface area (Å²) in [6.07, 6.45) is 2.26. The van der Waals surface area contributed by atoms with Gasteiger partial charge in [0.1, 0.15) is 0 Å². The summed E-state index contributed by atoms with van der Waals surface area (Å²) in [7, 11) is 0. The average Bonchev–Trinajstić information content (AvgIpc) is 2.29. The Balaban J connectivity index is 0. The van der Waals surface area contributed by atoms with Gasteiger partial charge in [0.05, 0.1) is 5.92 Å². The lowest BCUT2D eigenvalue weighted by atomic mass is 9.99. The quantitative estimate of drug-likeness (QED) is 0.769. The molecule has 0 aliphatic heterocycles. The molecule has 0 rings (SSSR count). The third-order valence-corrected chi connectivity index (χ3v) is 3.50. The number of nitrogens with two attached hydrogens (primary N) is 1. The van der Waals surface area contributed by atoms with Gasteiger partial charge in [0, 0.05) is 19.1 Å². The van der Waals surface area contributed by atoms with Gasteiger partial charge in [0.2, 0.25) is 5.91 Å². The first kappa shape index (κ1) is 19.1. The normalized spacial score (nSPS) is 14.1. The standard InChI is InChI=1S/C13H28N2O.ClH/c1-6-12(7-2)9-15(8-3)13(16)10(4)11(5)14;/h10-12H,6-9,14H2,1-5H3;1H. The number of nitrogens with zero attached hydrogens (tertiary/aromatic N) is 1. The molecule has 104 valence electrons. The first-order chi connectivity index (χ1) is 7.47. The van der Waals surface area contributed by atoms with Crippen LogP contribution in [0.2, 0.25) is 0 Å². The molecule has 2 unspecified atom stereocenters. The molecule has 0 saturated carbocycles. The van der Waals surface area contributed by atoms with E-state index in [1.165, 1.54) is 0 Å². The fourth-order valence-corrected chi connectivity index (χ4v) is 1.75. The van der Waals surface area contributed by atoms with E-state index in [2.05, 4.69) is 13.8 Å². The van der Waals surface area contributed by atoms with Gasteiger partial charge in [-0.25, -0.2) is 0 Å². The molecule has 0 spiro atoms. The molecule has 0 aliphatic carbocycles. The van der Waals surface area contributed by atoms with E-state index in [-0.39, 0.29) is 30.3 Å². The van der Waals surface area contributed by atoms with Crippen molar-refractivity contribution >= 4 is 18.3 Å². The van der Waals surface area contributed by atoms with Crippen molar-refractivity contribution in [2.24, 2.45) is 17.6 Å². The zero-order valence-corrected chi connectivity index (χ0v) is 12.7. The van der Waals surface area contributed by atoms with Crippen molar-refractivity contribution in [3.05, 3.63) is 0 Å². The molecule has 2 atom stereocenters. The smallest absolute Gasteiger partial charge is 0.226 e. The van der Waals surface area contributed by atoms with E-state index in [1.807, 2.05) is 25.7 Å². The predicted molar refractivity (Wildman–Crippen MR) is 76.4 cm³/mol. The van der Waals surface area contributed by atoms with Crippen molar-refractivity contribution in [1.29, 1.82) is 0 Å². The Bertz CT molecular complexity index is 206. The van der Waals surface area contributed by atoms with E-state index >= 15 is 0 Å². The van der Waals surface area contributed by atoms with E-state index < -0.39 is 0 Å². The molecule has 3 nitrogen and oxygen atoms in total. The molecule has 0 radical (unpaired) electrons. The number of hydrogen-bond acceptors (Lipinski definition) is 2. The first-order valence-electron chi connectivity index (χ1n) is 6.52. The summed E-state index contributed by atoms with van der Waals surface area (Å²) in [6, 6.07) is -0.0664. The average molecular weight is 265 g/mol. The summed E-state index contributed by atoms with van der Waals surface area (Å²) in [5.41, 5.74) is 5.78. The third-order valence-electron chi connectivity index (χ3n) is 3.50. The second-order valence-corrected chi connectivity index (χ2v) is 4.71. The van der Waals surface area contributed by atoms with Crippen LogP contribution in [0.4, 0.5) is 0 Å². The molecule has 0 aromatic heterocycles. The number of rotatable bonds is 7. The highest BCUT2D eigenvalue weighted by Gasteiger charge is 2.23. The number of amides is 1. The molecular weight excluding hydrogens is 236 g/mol. The molecule has 0 aliphatic rings. The second-order valence-electron chi connectivity index (χ2n) is 4.71. The highest BCUT2D eigenvalue weighted by atomic mass is 35.5. The maximum absolute atomic E-state index is 12.1. The molecule has 4 heteroatoms. The zero-order valence-electron chi connectivity index (χ0n) is 11.9. The number of carbonyl (C=O) groups excluding carboxylic acids is 1. The molecule has 2 N–H and O–H groups in total. The Morgan fingerprint density at radius 1 is 1.18 bits per heavy atom. The van der Waals surface area contributed by atoms with Crippen LogP contribution in [-0.2, 0) is 4.79 Å². The molecule has 0 saturated heterocycles. The van der Waals surface area contributed by atoms with Crippen LogP contribution in [0.15, 0.2) is 0 Å². The minimum Gasteiger partial charge on any atom is -0.342 e. The van der Waals surface area contributed by atoms with Crippen LogP contribution >= 0.6 is 12.4 Å². The molecule has 0 aromatic carbocycles. The van der Waals surface area contributed by atoms with E-state index in [9.17, 15) is 4.79 Å². The molecule has 0 bridgehead atoms. The van der Waals surface area contributed by atoms with Crippen LogP contribution in [0, 0.1) is 11.8 Å². The molecule has 0 heterocycles. The fraction of sp³-hybridized carbons (Fsp3) is 0.923. The fourth-order valence-electron chi connectivity index (χ4n) is 1.75. The summed E-state index contributed by atoms with van der Waals surface area (Å²) in [4.78, 5) is 14.1. The highest BCUT2D eigenvalue weighted by molar-refractivity contribution is 5.85. The number of halogens is 1. The van der Waals surface area contributed by atoms with E-state index in [4.69, 9.17) is 5.73 Å². The van der Waals surface area contributed by atoms with Gasteiger partial charge in [-0.2, -0.15) is 0 Å². The van der Waals surface area contributed by atoms with Crippen molar-refractivity contribution in [3.8, 4) is 0 Å². The number of hydrogen-bond donors (Lipinski definition) is 1. The summed E-state index contributed by atoms with van der Waals surface area (Å²) < 4.78 is 0. The first-order valence-corrected chi connectivity index (χ1v) is 6.52. The van der Waals surface area contributed by atoms with Crippen molar-refractivity contribution in [3.63, 3.8) is 0 Å². The van der Waals surface area contributed by atoms with Gasteiger partial charge < -0.3 is 10.6 Å². The Kier molecular flexibility index (Phi) is 10.9. The van der Waals surface area contributed by atoms with Gasteiger partial charge in [-0.1, -0.05) is 33.6 Å². The van der Waals surface area contributed by atoms with Crippen LogP contribution in [0.25, 0.3) is 0 Å². The highest BCUT2D eigenvalue weighted by Crippen LogP contribution is 2.13. The monoisotopic (exact) mass is 264 g/mol. The largest absolute Gasteiger partial charge is 0.342 e. The summed E-state index contributed by atoms with van der Waals surface area (Å²) in [6.45, 7) is 11.9. The van der Waals surface area contributed by atoms with Crippen LogP contribution < -0.4 is 5.73 Å². The van der Waals surface area contributed by atoms with Crippen LogP contribution in [0.3, 0.4) is 0 Å². The van der Waals surface area contributed by atoms with Crippen LogP contribution in [0.1, 0.15) is 47.5 Å². The zero-order chi connectivity index (χ0) is 12.7. The van der Waals surface area contributed by atoms with Gasteiger partial charge >= 0.3 is 0 Å². The lowest BCUT2D eigenvalue weighted by Gasteiger charge is -2.29. The number of carbonyl (C=O) groups is 1. The second kappa shape index (κ2) is 9.72. The van der Waals surface area contributed by atoms with Crippen molar-refractivity contribution in [1.82, 2.24) is 4.90 Å². The lowest BCUT2D eigenvalue weighted by Crippen LogP contribution is -2.43. The van der Waals surface area contributed by atoms with Gasteiger partial charge in [0.15, 0.2) is 0 Å². The van der Waals surface area contributed by atoms with Crippen molar-refractivity contribution < 1.29 is 4.79 Å².